The summed E-state index contributed by atoms with van der Waals surface area (Å²) in [5.41, 5.74) is 4.32. The largest absolute Gasteiger partial charge is 0.360 e. The lowest BCUT2D eigenvalue weighted by Crippen LogP contribution is -2.33. The van der Waals surface area contributed by atoms with Gasteiger partial charge < -0.3 is 13.8 Å². The van der Waals surface area contributed by atoms with Gasteiger partial charge in [-0.25, -0.2) is 4.98 Å². The van der Waals surface area contributed by atoms with Gasteiger partial charge in [0.25, 0.3) is 5.91 Å². The summed E-state index contributed by atoms with van der Waals surface area (Å²) in [7, 11) is 2.02. The maximum Gasteiger partial charge on any atom is 0.274 e. The van der Waals surface area contributed by atoms with E-state index in [2.05, 4.69) is 16.1 Å². The lowest BCUT2D eigenvalue weighted by Gasteiger charge is -2.21. The number of carbonyl (C=O) groups is 1. The van der Waals surface area contributed by atoms with Gasteiger partial charge in [-0.15, -0.1) is 0 Å². The van der Waals surface area contributed by atoms with E-state index >= 15 is 0 Å². The Balaban J connectivity index is 1.64. The van der Waals surface area contributed by atoms with Crippen LogP contribution in [0.1, 0.15) is 58.9 Å². The highest BCUT2D eigenvalue weighted by Crippen LogP contribution is 2.20. The van der Waals surface area contributed by atoms with Crippen molar-refractivity contribution in [2.24, 2.45) is 0 Å². The number of imidazole rings is 1. The summed E-state index contributed by atoms with van der Waals surface area (Å²) in [6.07, 6.45) is 6.54. The number of likely N-dealkylation sites (tertiary alicyclic amines) is 1. The molecule has 0 unspecified atom stereocenters. The molecule has 1 saturated heterocycles. The summed E-state index contributed by atoms with van der Waals surface area (Å²) in [6, 6.07) is 6.03. The molecule has 3 aromatic heterocycles. The van der Waals surface area contributed by atoms with Crippen LogP contribution in [0, 0.1) is 13.8 Å². The molecule has 0 spiro atoms. The van der Waals surface area contributed by atoms with Crippen LogP contribution in [-0.4, -0.2) is 50.4 Å². The second-order valence-corrected chi connectivity index (χ2v) is 8.15. The van der Waals surface area contributed by atoms with E-state index in [1.807, 2.05) is 48.5 Å². The molecular formula is C22H29N5O2. The van der Waals surface area contributed by atoms with E-state index in [9.17, 15) is 4.79 Å². The summed E-state index contributed by atoms with van der Waals surface area (Å²) in [4.78, 5) is 22.2. The zero-order chi connectivity index (χ0) is 20.4. The second-order valence-electron chi connectivity index (χ2n) is 8.15. The van der Waals surface area contributed by atoms with Crippen LogP contribution >= 0.6 is 0 Å². The molecule has 1 fully saturated rings. The first-order chi connectivity index (χ1) is 14.0. The Morgan fingerprint density at radius 2 is 1.90 bits per heavy atom. The van der Waals surface area contributed by atoms with Crippen LogP contribution in [0.25, 0.3) is 5.65 Å². The van der Waals surface area contributed by atoms with Crippen LogP contribution in [0.2, 0.25) is 0 Å². The summed E-state index contributed by atoms with van der Waals surface area (Å²) in [5.74, 6) is 0.863. The molecule has 1 aliphatic rings. The van der Waals surface area contributed by atoms with Gasteiger partial charge in [-0.1, -0.05) is 18.0 Å². The SMILES string of the molecule is Cc1ccn2c(CN(C)Cc3cc(C)no3)c(C(=O)N3CCCCCC3)nc2c1. The highest BCUT2D eigenvalue weighted by atomic mass is 16.5. The number of pyridine rings is 1. The minimum absolute atomic E-state index is 0.0483. The Bertz CT molecular complexity index is 998. The van der Waals surface area contributed by atoms with Crippen LogP contribution in [0.15, 0.2) is 28.9 Å². The van der Waals surface area contributed by atoms with Gasteiger partial charge in [-0.3, -0.25) is 9.69 Å². The van der Waals surface area contributed by atoms with Crippen LogP contribution in [0.4, 0.5) is 0 Å². The van der Waals surface area contributed by atoms with Crippen molar-refractivity contribution in [2.45, 2.75) is 52.6 Å². The van der Waals surface area contributed by atoms with E-state index in [0.29, 0.717) is 18.8 Å². The van der Waals surface area contributed by atoms with E-state index in [0.717, 1.165) is 54.3 Å². The second kappa shape index (κ2) is 8.37. The highest BCUT2D eigenvalue weighted by Gasteiger charge is 2.25. The number of fused-ring (bicyclic) bond motifs is 1. The predicted octanol–water partition coefficient (Wildman–Crippen LogP) is 3.59. The van der Waals surface area contributed by atoms with Crippen molar-refractivity contribution in [1.29, 1.82) is 0 Å². The Morgan fingerprint density at radius 3 is 2.59 bits per heavy atom. The smallest absolute Gasteiger partial charge is 0.274 e. The number of hydrogen-bond acceptors (Lipinski definition) is 5. The summed E-state index contributed by atoms with van der Waals surface area (Å²) in [5, 5.41) is 3.96. The number of carbonyl (C=O) groups excluding carboxylic acids is 1. The fraction of sp³-hybridized carbons (Fsp3) is 0.500. The Morgan fingerprint density at radius 1 is 1.14 bits per heavy atom. The van der Waals surface area contributed by atoms with Gasteiger partial charge >= 0.3 is 0 Å². The van der Waals surface area contributed by atoms with Crippen molar-refractivity contribution in [1.82, 2.24) is 24.3 Å². The first kappa shape index (κ1) is 19.6. The number of nitrogens with zero attached hydrogens (tertiary/aromatic N) is 5. The van der Waals surface area contributed by atoms with Crippen LogP contribution in [-0.2, 0) is 13.1 Å². The van der Waals surface area contributed by atoms with Crippen LogP contribution in [0.5, 0.6) is 0 Å². The van der Waals surface area contributed by atoms with Gasteiger partial charge in [0, 0.05) is 31.9 Å². The molecule has 154 valence electrons. The average Bonchev–Trinajstić information content (AvgIpc) is 3.12. The van der Waals surface area contributed by atoms with Crippen molar-refractivity contribution in [2.75, 3.05) is 20.1 Å². The maximum atomic E-state index is 13.4. The lowest BCUT2D eigenvalue weighted by molar-refractivity contribution is 0.0754. The third kappa shape index (κ3) is 4.34. The molecule has 0 aromatic carbocycles. The van der Waals surface area contributed by atoms with Gasteiger partial charge in [-0.05, 0) is 51.4 Å². The zero-order valence-corrected chi connectivity index (χ0v) is 17.5. The number of hydrogen-bond donors (Lipinski definition) is 0. The summed E-state index contributed by atoms with van der Waals surface area (Å²) in [6.45, 7) is 6.81. The fourth-order valence-electron chi connectivity index (χ4n) is 4.01. The zero-order valence-electron chi connectivity index (χ0n) is 17.5. The van der Waals surface area contributed by atoms with Gasteiger partial charge in [0.05, 0.1) is 17.9 Å². The molecule has 0 bridgehead atoms. The third-order valence-electron chi connectivity index (χ3n) is 5.50. The Kier molecular flexibility index (Phi) is 5.67. The predicted molar refractivity (Wildman–Crippen MR) is 111 cm³/mol. The van der Waals surface area contributed by atoms with Gasteiger partial charge in [0.15, 0.2) is 11.5 Å². The van der Waals surface area contributed by atoms with Crippen LogP contribution in [0.3, 0.4) is 0 Å². The number of rotatable bonds is 5. The van der Waals surface area contributed by atoms with E-state index < -0.39 is 0 Å². The Hall–Kier alpha value is -2.67. The monoisotopic (exact) mass is 395 g/mol. The van der Waals surface area contributed by atoms with Crippen molar-refractivity contribution < 1.29 is 9.32 Å². The molecule has 0 atom stereocenters. The molecule has 7 nitrogen and oxygen atoms in total. The molecule has 4 rings (SSSR count). The van der Waals surface area contributed by atoms with E-state index in [4.69, 9.17) is 9.51 Å². The minimum atomic E-state index is 0.0483. The quantitative estimate of drug-likeness (QED) is 0.660. The highest BCUT2D eigenvalue weighted by molar-refractivity contribution is 5.94. The molecule has 1 amide bonds. The van der Waals surface area contributed by atoms with Gasteiger partial charge in [-0.2, -0.15) is 0 Å². The van der Waals surface area contributed by atoms with E-state index in [1.54, 1.807) is 0 Å². The molecular weight excluding hydrogens is 366 g/mol. The van der Waals surface area contributed by atoms with Crippen molar-refractivity contribution >= 4 is 11.6 Å². The normalized spacial score (nSPS) is 15.2. The topological polar surface area (TPSA) is 66.9 Å². The van der Waals surface area contributed by atoms with Gasteiger partial charge in [0.2, 0.25) is 0 Å². The molecule has 0 N–H and O–H groups in total. The molecule has 3 aromatic rings. The lowest BCUT2D eigenvalue weighted by atomic mass is 10.2. The third-order valence-corrected chi connectivity index (χ3v) is 5.50. The van der Waals surface area contributed by atoms with Gasteiger partial charge in [0.1, 0.15) is 5.65 Å². The average molecular weight is 396 g/mol. The number of amides is 1. The first-order valence-corrected chi connectivity index (χ1v) is 10.4. The standard InChI is InChI=1S/C22H29N5O2/c1-16-8-11-27-19(15-25(3)14-18-13-17(2)24-29-18)21(23-20(27)12-16)22(28)26-9-6-4-5-7-10-26/h8,11-13H,4-7,9-10,14-15H2,1-3H3. The molecule has 0 aliphatic carbocycles. The Labute approximate surface area is 171 Å². The van der Waals surface area contributed by atoms with Crippen molar-refractivity contribution in [3.05, 3.63) is 52.8 Å². The molecule has 0 radical (unpaired) electrons. The molecule has 1 aliphatic heterocycles. The van der Waals surface area contributed by atoms with Crippen molar-refractivity contribution in [3.63, 3.8) is 0 Å². The number of aryl methyl sites for hydroxylation is 2. The molecule has 7 heteroatoms. The summed E-state index contributed by atoms with van der Waals surface area (Å²) >= 11 is 0. The van der Waals surface area contributed by atoms with E-state index in [1.165, 1.54) is 12.8 Å². The first-order valence-electron chi connectivity index (χ1n) is 10.4. The molecule has 4 heterocycles. The maximum absolute atomic E-state index is 13.4. The number of aromatic nitrogens is 3. The minimum Gasteiger partial charge on any atom is -0.360 e. The molecule has 29 heavy (non-hydrogen) atoms. The molecule has 0 saturated carbocycles. The van der Waals surface area contributed by atoms with Crippen molar-refractivity contribution in [3.8, 4) is 0 Å². The summed E-state index contributed by atoms with van der Waals surface area (Å²) < 4.78 is 7.40. The fourth-order valence-corrected chi connectivity index (χ4v) is 4.01. The van der Waals surface area contributed by atoms with Crippen LogP contribution < -0.4 is 0 Å². The van der Waals surface area contributed by atoms with E-state index in [-0.39, 0.29) is 5.91 Å².